The second-order valence-electron chi connectivity index (χ2n) is 6.29. The van der Waals surface area contributed by atoms with E-state index in [9.17, 15) is 0 Å². The fourth-order valence-corrected chi connectivity index (χ4v) is 4.00. The van der Waals surface area contributed by atoms with E-state index in [0.717, 1.165) is 13.1 Å². The van der Waals surface area contributed by atoms with E-state index in [2.05, 4.69) is 25.7 Å². The summed E-state index contributed by atoms with van der Waals surface area (Å²) in [6.07, 6.45) is 13.4. The van der Waals surface area contributed by atoms with Crippen LogP contribution in [0.5, 0.6) is 0 Å². The van der Waals surface area contributed by atoms with E-state index in [1.54, 1.807) is 0 Å². The van der Waals surface area contributed by atoms with E-state index in [1.807, 2.05) is 0 Å². The molecule has 1 unspecified atom stereocenters. The lowest BCUT2D eigenvalue weighted by Crippen LogP contribution is -2.58. The molecule has 19 heavy (non-hydrogen) atoms. The van der Waals surface area contributed by atoms with Gasteiger partial charge in [-0.25, -0.2) is 0 Å². The van der Waals surface area contributed by atoms with Crippen molar-refractivity contribution in [3.63, 3.8) is 0 Å². The Morgan fingerprint density at radius 2 is 1.53 bits per heavy atom. The van der Waals surface area contributed by atoms with Crippen molar-refractivity contribution >= 4 is 0 Å². The van der Waals surface area contributed by atoms with Crippen LogP contribution in [0.2, 0.25) is 0 Å². The standard InChI is InChI=1S/C17H36N2/c1-4-7-8-9-10-13-16(18)17(14-11-12-15-17)19(5-2)6-3/h16H,4-15,18H2,1-3H3. The van der Waals surface area contributed by atoms with Crippen molar-refractivity contribution < 1.29 is 0 Å². The molecule has 1 fully saturated rings. The molecule has 1 aliphatic carbocycles. The summed E-state index contributed by atoms with van der Waals surface area (Å²) in [6.45, 7) is 9.16. The molecule has 0 heterocycles. The molecule has 1 atom stereocenters. The van der Waals surface area contributed by atoms with Crippen molar-refractivity contribution in [3.05, 3.63) is 0 Å². The number of nitrogens with two attached hydrogens (primary N) is 1. The number of likely N-dealkylation sites (N-methyl/N-ethyl adjacent to an activating group) is 1. The summed E-state index contributed by atoms with van der Waals surface area (Å²) >= 11 is 0. The van der Waals surface area contributed by atoms with Crippen molar-refractivity contribution in [2.24, 2.45) is 5.73 Å². The zero-order valence-electron chi connectivity index (χ0n) is 13.6. The molecule has 1 aliphatic rings. The summed E-state index contributed by atoms with van der Waals surface area (Å²) in [4.78, 5) is 2.65. The molecule has 2 heteroatoms. The molecule has 0 aliphatic heterocycles. The number of nitrogens with zero attached hydrogens (tertiary/aromatic N) is 1. The van der Waals surface area contributed by atoms with Crippen LogP contribution >= 0.6 is 0 Å². The van der Waals surface area contributed by atoms with E-state index in [1.165, 1.54) is 64.2 Å². The van der Waals surface area contributed by atoms with E-state index in [4.69, 9.17) is 5.73 Å². The highest BCUT2D eigenvalue weighted by Gasteiger charge is 2.42. The Balaban J connectivity index is 2.46. The SMILES string of the molecule is CCCCCCCC(N)C1(N(CC)CC)CCCC1. The first-order valence-electron chi connectivity index (χ1n) is 8.71. The Morgan fingerprint density at radius 3 is 2.05 bits per heavy atom. The van der Waals surface area contributed by atoms with Crippen LogP contribution in [-0.2, 0) is 0 Å². The largest absolute Gasteiger partial charge is 0.326 e. The molecule has 2 N–H and O–H groups in total. The van der Waals surface area contributed by atoms with Crippen LogP contribution in [0, 0.1) is 0 Å². The molecule has 114 valence electrons. The molecule has 0 bridgehead atoms. The monoisotopic (exact) mass is 268 g/mol. The third kappa shape index (κ3) is 4.46. The van der Waals surface area contributed by atoms with Gasteiger partial charge < -0.3 is 5.73 Å². The van der Waals surface area contributed by atoms with Gasteiger partial charge in [0.15, 0.2) is 0 Å². The van der Waals surface area contributed by atoms with Crippen LogP contribution in [0.25, 0.3) is 0 Å². The fraction of sp³-hybridized carbons (Fsp3) is 1.00. The van der Waals surface area contributed by atoms with Gasteiger partial charge in [0.25, 0.3) is 0 Å². The Kier molecular flexibility index (Phi) is 8.01. The average Bonchev–Trinajstić information content (AvgIpc) is 2.90. The third-order valence-corrected chi connectivity index (χ3v) is 5.17. The Hall–Kier alpha value is -0.0800. The maximum atomic E-state index is 6.64. The number of hydrogen-bond donors (Lipinski definition) is 1. The van der Waals surface area contributed by atoms with Crippen molar-refractivity contribution in [2.45, 2.75) is 96.6 Å². The molecule has 1 saturated carbocycles. The summed E-state index contributed by atoms with van der Waals surface area (Å²) in [5.41, 5.74) is 6.97. The van der Waals surface area contributed by atoms with Gasteiger partial charge in [0, 0.05) is 11.6 Å². The lowest BCUT2D eigenvalue weighted by atomic mass is 9.83. The summed E-state index contributed by atoms with van der Waals surface area (Å²) < 4.78 is 0. The van der Waals surface area contributed by atoms with Crippen molar-refractivity contribution in [1.82, 2.24) is 4.90 Å². The highest BCUT2D eigenvalue weighted by Crippen LogP contribution is 2.38. The topological polar surface area (TPSA) is 29.3 Å². The normalized spacial score (nSPS) is 20.1. The van der Waals surface area contributed by atoms with Gasteiger partial charge in [-0.2, -0.15) is 0 Å². The maximum absolute atomic E-state index is 6.64. The minimum absolute atomic E-state index is 0.328. The zero-order chi connectivity index (χ0) is 14.1. The molecule has 0 aromatic carbocycles. The minimum atomic E-state index is 0.328. The Bertz CT molecular complexity index is 217. The highest BCUT2D eigenvalue weighted by molar-refractivity contribution is 5.01. The second kappa shape index (κ2) is 8.97. The lowest BCUT2D eigenvalue weighted by molar-refractivity contribution is 0.0732. The van der Waals surface area contributed by atoms with Gasteiger partial charge in [-0.1, -0.05) is 65.7 Å². The summed E-state index contributed by atoms with van der Waals surface area (Å²) in [6, 6.07) is 0.386. The molecule has 1 rings (SSSR count). The van der Waals surface area contributed by atoms with Crippen LogP contribution in [0.15, 0.2) is 0 Å². The first kappa shape index (κ1) is 17.0. The van der Waals surface area contributed by atoms with Crippen LogP contribution in [0.1, 0.15) is 85.0 Å². The minimum Gasteiger partial charge on any atom is -0.326 e. The summed E-state index contributed by atoms with van der Waals surface area (Å²) in [5.74, 6) is 0. The van der Waals surface area contributed by atoms with Crippen LogP contribution in [0.4, 0.5) is 0 Å². The van der Waals surface area contributed by atoms with E-state index in [-0.39, 0.29) is 0 Å². The van der Waals surface area contributed by atoms with Crippen molar-refractivity contribution in [1.29, 1.82) is 0 Å². The third-order valence-electron chi connectivity index (χ3n) is 5.17. The second-order valence-corrected chi connectivity index (χ2v) is 6.29. The van der Waals surface area contributed by atoms with Crippen molar-refractivity contribution in [2.75, 3.05) is 13.1 Å². The first-order valence-corrected chi connectivity index (χ1v) is 8.71. The highest BCUT2D eigenvalue weighted by atomic mass is 15.2. The van der Waals surface area contributed by atoms with Gasteiger partial charge in [-0.05, 0) is 32.4 Å². The molecule has 0 aromatic rings. The predicted octanol–water partition coefficient (Wildman–Crippen LogP) is 4.33. The molecule has 2 nitrogen and oxygen atoms in total. The smallest absolute Gasteiger partial charge is 0.0360 e. The molecule has 0 radical (unpaired) electrons. The van der Waals surface area contributed by atoms with Gasteiger partial charge in [0.05, 0.1) is 0 Å². The number of rotatable bonds is 10. The Morgan fingerprint density at radius 1 is 0.947 bits per heavy atom. The van der Waals surface area contributed by atoms with Gasteiger partial charge in [0.2, 0.25) is 0 Å². The number of hydrogen-bond acceptors (Lipinski definition) is 2. The van der Waals surface area contributed by atoms with Crippen LogP contribution < -0.4 is 5.73 Å². The molecule has 0 amide bonds. The van der Waals surface area contributed by atoms with E-state index in [0.29, 0.717) is 11.6 Å². The van der Waals surface area contributed by atoms with Gasteiger partial charge >= 0.3 is 0 Å². The molecular weight excluding hydrogens is 232 g/mol. The lowest BCUT2D eigenvalue weighted by Gasteiger charge is -2.45. The predicted molar refractivity (Wildman–Crippen MR) is 85.5 cm³/mol. The van der Waals surface area contributed by atoms with E-state index < -0.39 is 0 Å². The zero-order valence-corrected chi connectivity index (χ0v) is 13.6. The molecular formula is C17H36N2. The fourth-order valence-electron chi connectivity index (χ4n) is 4.00. The quantitative estimate of drug-likeness (QED) is 0.598. The van der Waals surface area contributed by atoms with Crippen LogP contribution in [-0.4, -0.2) is 29.6 Å². The molecule has 0 saturated heterocycles. The summed E-state index contributed by atoms with van der Waals surface area (Å²) in [5, 5.41) is 0. The van der Waals surface area contributed by atoms with Gasteiger partial charge in [0.1, 0.15) is 0 Å². The Labute approximate surface area is 121 Å². The molecule has 0 aromatic heterocycles. The van der Waals surface area contributed by atoms with Crippen LogP contribution in [0.3, 0.4) is 0 Å². The maximum Gasteiger partial charge on any atom is 0.0360 e. The number of unbranched alkanes of at least 4 members (excludes halogenated alkanes) is 4. The summed E-state index contributed by atoms with van der Waals surface area (Å²) in [7, 11) is 0. The van der Waals surface area contributed by atoms with Crippen molar-refractivity contribution in [3.8, 4) is 0 Å². The first-order chi connectivity index (χ1) is 9.21. The van der Waals surface area contributed by atoms with Gasteiger partial charge in [-0.3, -0.25) is 4.90 Å². The molecule has 0 spiro atoms. The van der Waals surface area contributed by atoms with Gasteiger partial charge in [-0.15, -0.1) is 0 Å². The van der Waals surface area contributed by atoms with E-state index >= 15 is 0 Å². The average molecular weight is 268 g/mol.